The van der Waals surface area contributed by atoms with E-state index in [4.69, 9.17) is 0 Å². The van der Waals surface area contributed by atoms with Crippen molar-refractivity contribution in [3.8, 4) is 0 Å². The minimum atomic E-state index is 0.137. The van der Waals surface area contributed by atoms with Gasteiger partial charge in [-0.05, 0) is 25.2 Å². The maximum Gasteiger partial charge on any atom is 0.317 e. The molecule has 1 aliphatic heterocycles. The van der Waals surface area contributed by atoms with E-state index in [1.807, 2.05) is 4.90 Å². The van der Waals surface area contributed by atoms with Crippen LogP contribution in [-0.4, -0.2) is 30.6 Å². The molecule has 15 heavy (non-hydrogen) atoms. The van der Waals surface area contributed by atoms with Crippen molar-refractivity contribution in [2.24, 2.45) is 5.92 Å². The lowest BCUT2D eigenvalue weighted by Gasteiger charge is -2.21. The van der Waals surface area contributed by atoms with Crippen molar-refractivity contribution in [3.05, 3.63) is 0 Å². The summed E-state index contributed by atoms with van der Waals surface area (Å²) in [5.41, 5.74) is 0. The van der Waals surface area contributed by atoms with Gasteiger partial charge >= 0.3 is 6.03 Å². The molecule has 1 aliphatic rings. The van der Waals surface area contributed by atoms with Gasteiger partial charge in [0.05, 0.1) is 0 Å². The maximum atomic E-state index is 11.7. The van der Waals surface area contributed by atoms with Crippen LogP contribution in [0.4, 0.5) is 4.79 Å². The summed E-state index contributed by atoms with van der Waals surface area (Å²) >= 11 is 0. The number of nitrogens with zero attached hydrogens (tertiary/aromatic N) is 1. The van der Waals surface area contributed by atoms with Crippen LogP contribution < -0.4 is 5.32 Å². The fourth-order valence-corrected chi connectivity index (χ4v) is 1.85. The minimum Gasteiger partial charge on any atom is -0.338 e. The highest BCUT2D eigenvalue weighted by Crippen LogP contribution is 2.09. The van der Waals surface area contributed by atoms with E-state index in [2.05, 4.69) is 19.2 Å². The van der Waals surface area contributed by atoms with Gasteiger partial charge < -0.3 is 10.2 Å². The second-order valence-electron chi connectivity index (χ2n) is 4.82. The summed E-state index contributed by atoms with van der Waals surface area (Å²) < 4.78 is 0. The Balaban J connectivity index is 2.19. The SMILES string of the molecule is CC(C)CCNC(=O)N1CCCCCC1. The smallest absolute Gasteiger partial charge is 0.317 e. The van der Waals surface area contributed by atoms with Crippen molar-refractivity contribution in [1.82, 2.24) is 10.2 Å². The fourth-order valence-electron chi connectivity index (χ4n) is 1.85. The fraction of sp³-hybridized carbons (Fsp3) is 0.917. The molecular weight excluding hydrogens is 188 g/mol. The maximum absolute atomic E-state index is 11.7. The van der Waals surface area contributed by atoms with Gasteiger partial charge in [0.1, 0.15) is 0 Å². The van der Waals surface area contributed by atoms with Gasteiger partial charge in [-0.25, -0.2) is 4.79 Å². The molecule has 0 aliphatic carbocycles. The van der Waals surface area contributed by atoms with Crippen LogP contribution in [0.15, 0.2) is 0 Å². The molecule has 1 heterocycles. The van der Waals surface area contributed by atoms with E-state index in [1.165, 1.54) is 12.8 Å². The van der Waals surface area contributed by atoms with E-state index < -0.39 is 0 Å². The van der Waals surface area contributed by atoms with Gasteiger partial charge in [-0.2, -0.15) is 0 Å². The van der Waals surface area contributed by atoms with Crippen molar-refractivity contribution in [3.63, 3.8) is 0 Å². The summed E-state index contributed by atoms with van der Waals surface area (Å²) in [5, 5.41) is 3.00. The van der Waals surface area contributed by atoms with Crippen molar-refractivity contribution in [2.45, 2.75) is 46.0 Å². The summed E-state index contributed by atoms with van der Waals surface area (Å²) in [6.07, 6.45) is 5.94. The molecule has 2 amide bonds. The molecule has 0 atom stereocenters. The number of nitrogens with one attached hydrogen (secondary N) is 1. The second kappa shape index (κ2) is 6.70. The first kappa shape index (κ1) is 12.3. The lowest BCUT2D eigenvalue weighted by atomic mass is 10.1. The monoisotopic (exact) mass is 212 g/mol. The molecule has 0 unspecified atom stereocenters. The van der Waals surface area contributed by atoms with Gasteiger partial charge in [-0.1, -0.05) is 26.7 Å². The van der Waals surface area contributed by atoms with Crippen LogP contribution in [0, 0.1) is 5.92 Å². The van der Waals surface area contributed by atoms with Crippen LogP contribution in [0.2, 0.25) is 0 Å². The lowest BCUT2D eigenvalue weighted by Crippen LogP contribution is -2.41. The van der Waals surface area contributed by atoms with Crippen LogP contribution in [0.5, 0.6) is 0 Å². The summed E-state index contributed by atoms with van der Waals surface area (Å²) in [6, 6.07) is 0.137. The minimum absolute atomic E-state index is 0.137. The zero-order valence-electron chi connectivity index (χ0n) is 10.1. The Labute approximate surface area is 93.2 Å². The Kier molecular flexibility index (Phi) is 5.51. The van der Waals surface area contributed by atoms with E-state index >= 15 is 0 Å². The van der Waals surface area contributed by atoms with Crippen molar-refractivity contribution in [2.75, 3.05) is 19.6 Å². The van der Waals surface area contributed by atoms with Crippen molar-refractivity contribution in [1.29, 1.82) is 0 Å². The van der Waals surface area contributed by atoms with Crippen molar-refractivity contribution >= 4 is 6.03 Å². The molecule has 1 N–H and O–H groups in total. The molecule has 88 valence electrons. The molecule has 3 heteroatoms. The number of rotatable bonds is 3. The first-order valence-corrected chi connectivity index (χ1v) is 6.23. The number of likely N-dealkylation sites (tertiary alicyclic amines) is 1. The molecule has 1 fully saturated rings. The first-order chi connectivity index (χ1) is 7.20. The van der Waals surface area contributed by atoms with Crippen LogP contribution in [0.1, 0.15) is 46.0 Å². The van der Waals surface area contributed by atoms with Gasteiger partial charge in [0.25, 0.3) is 0 Å². The Morgan fingerprint density at radius 1 is 1.20 bits per heavy atom. The molecule has 0 radical (unpaired) electrons. The third kappa shape index (κ3) is 5.05. The number of urea groups is 1. The van der Waals surface area contributed by atoms with E-state index in [9.17, 15) is 4.79 Å². The molecule has 0 saturated carbocycles. The average molecular weight is 212 g/mol. The summed E-state index contributed by atoms with van der Waals surface area (Å²) in [4.78, 5) is 13.7. The number of carbonyl (C=O) groups excluding carboxylic acids is 1. The summed E-state index contributed by atoms with van der Waals surface area (Å²) in [7, 11) is 0. The highest BCUT2D eigenvalue weighted by Gasteiger charge is 2.14. The molecule has 3 nitrogen and oxygen atoms in total. The molecule has 0 bridgehead atoms. The van der Waals surface area contributed by atoms with E-state index in [1.54, 1.807) is 0 Å². The molecule has 0 aromatic heterocycles. The number of hydrogen-bond acceptors (Lipinski definition) is 1. The van der Waals surface area contributed by atoms with Crippen LogP contribution in [0.25, 0.3) is 0 Å². The zero-order chi connectivity index (χ0) is 11.1. The van der Waals surface area contributed by atoms with Gasteiger partial charge in [0.15, 0.2) is 0 Å². The molecule has 1 rings (SSSR count). The number of amides is 2. The predicted octanol–water partition coefficient (Wildman–Crippen LogP) is 2.62. The largest absolute Gasteiger partial charge is 0.338 e. The Morgan fingerprint density at radius 2 is 1.80 bits per heavy atom. The summed E-state index contributed by atoms with van der Waals surface area (Å²) in [6.45, 7) is 7.05. The summed E-state index contributed by atoms with van der Waals surface area (Å²) in [5.74, 6) is 0.662. The van der Waals surface area contributed by atoms with E-state index in [0.29, 0.717) is 5.92 Å². The molecule has 0 aromatic carbocycles. The van der Waals surface area contributed by atoms with Crippen LogP contribution in [0.3, 0.4) is 0 Å². The Morgan fingerprint density at radius 3 is 2.33 bits per heavy atom. The highest BCUT2D eigenvalue weighted by molar-refractivity contribution is 5.74. The second-order valence-corrected chi connectivity index (χ2v) is 4.82. The lowest BCUT2D eigenvalue weighted by molar-refractivity contribution is 0.199. The van der Waals surface area contributed by atoms with Crippen LogP contribution in [-0.2, 0) is 0 Å². The highest BCUT2D eigenvalue weighted by atomic mass is 16.2. The molecule has 0 aromatic rings. The quantitative estimate of drug-likeness (QED) is 0.766. The van der Waals surface area contributed by atoms with Crippen molar-refractivity contribution < 1.29 is 4.79 Å². The Hall–Kier alpha value is -0.730. The first-order valence-electron chi connectivity index (χ1n) is 6.23. The Bertz CT molecular complexity index is 184. The molecule has 1 saturated heterocycles. The normalized spacial score (nSPS) is 17.7. The third-order valence-corrected chi connectivity index (χ3v) is 2.89. The molecular formula is C12H24N2O. The van der Waals surface area contributed by atoms with E-state index in [-0.39, 0.29) is 6.03 Å². The van der Waals surface area contributed by atoms with Crippen LogP contribution >= 0.6 is 0 Å². The number of hydrogen-bond donors (Lipinski definition) is 1. The zero-order valence-corrected chi connectivity index (χ0v) is 10.1. The van der Waals surface area contributed by atoms with E-state index in [0.717, 1.165) is 38.9 Å². The third-order valence-electron chi connectivity index (χ3n) is 2.89. The average Bonchev–Trinajstić information content (AvgIpc) is 2.44. The standard InChI is InChI=1S/C12H24N2O/c1-11(2)7-8-13-12(15)14-9-5-3-4-6-10-14/h11H,3-10H2,1-2H3,(H,13,15). The topological polar surface area (TPSA) is 32.3 Å². The van der Waals surface area contributed by atoms with Gasteiger partial charge in [-0.15, -0.1) is 0 Å². The van der Waals surface area contributed by atoms with Gasteiger partial charge in [0.2, 0.25) is 0 Å². The number of carbonyl (C=O) groups is 1. The predicted molar refractivity (Wildman–Crippen MR) is 62.9 cm³/mol. The van der Waals surface area contributed by atoms with Gasteiger partial charge in [0, 0.05) is 19.6 Å². The molecule has 0 spiro atoms. The van der Waals surface area contributed by atoms with Gasteiger partial charge in [-0.3, -0.25) is 0 Å².